The minimum absolute atomic E-state index is 0.179. The number of hydrogen-bond acceptors (Lipinski definition) is 4. The first-order chi connectivity index (χ1) is 12.1. The minimum atomic E-state index is -0.450. The number of nitrogens with one attached hydrogen (secondary N) is 1. The van der Waals surface area contributed by atoms with Gasteiger partial charge in [-0.15, -0.1) is 0 Å². The molecule has 0 aromatic heterocycles. The van der Waals surface area contributed by atoms with Crippen LogP contribution in [0.1, 0.15) is 18.4 Å². The second kappa shape index (κ2) is 10.1. The van der Waals surface area contributed by atoms with Gasteiger partial charge in [0.2, 0.25) is 0 Å². The molecule has 5 nitrogen and oxygen atoms in total. The first-order valence-corrected chi connectivity index (χ1v) is 7.98. The molecule has 1 amide bonds. The maximum absolute atomic E-state index is 12.8. The second-order valence-electron chi connectivity index (χ2n) is 5.33. The highest BCUT2D eigenvalue weighted by molar-refractivity contribution is 5.80. The Morgan fingerprint density at radius 1 is 1.00 bits per heavy atom. The van der Waals surface area contributed by atoms with Crippen LogP contribution < -0.4 is 10.1 Å². The van der Waals surface area contributed by atoms with Crippen LogP contribution in [0.25, 0.3) is 0 Å². The minimum Gasteiger partial charge on any atom is -0.494 e. The molecule has 25 heavy (non-hydrogen) atoms. The first-order valence-electron chi connectivity index (χ1n) is 7.98. The van der Waals surface area contributed by atoms with Crippen molar-refractivity contribution in [3.05, 3.63) is 66.0 Å². The fourth-order valence-electron chi connectivity index (χ4n) is 2.00. The molecule has 0 saturated heterocycles. The highest BCUT2D eigenvalue weighted by Gasteiger charge is 2.07. The summed E-state index contributed by atoms with van der Waals surface area (Å²) in [5.74, 6) is -0.442. The first kappa shape index (κ1) is 18.4. The van der Waals surface area contributed by atoms with Crippen LogP contribution in [0.15, 0.2) is 54.6 Å². The molecule has 0 aliphatic heterocycles. The maximum Gasteiger partial charge on any atom is 0.306 e. The number of halogens is 1. The number of para-hydroxylation sites is 1. The van der Waals surface area contributed by atoms with Gasteiger partial charge in [-0.25, -0.2) is 4.39 Å². The second-order valence-corrected chi connectivity index (χ2v) is 5.33. The molecule has 0 unspecified atom stereocenters. The number of hydrogen-bond donors (Lipinski definition) is 1. The summed E-state index contributed by atoms with van der Waals surface area (Å²) in [5, 5.41) is 2.60. The Labute approximate surface area is 145 Å². The molecule has 2 aromatic carbocycles. The normalized spacial score (nSPS) is 10.1. The predicted molar refractivity (Wildman–Crippen MR) is 90.4 cm³/mol. The Hall–Kier alpha value is -2.89. The SMILES string of the molecule is O=C(COC(=O)CCCOc1ccccc1)NCc1ccc(F)cc1. The summed E-state index contributed by atoms with van der Waals surface area (Å²) in [7, 11) is 0. The van der Waals surface area contributed by atoms with E-state index >= 15 is 0 Å². The van der Waals surface area contributed by atoms with Gasteiger partial charge in [-0.3, -0.25) is 9.59 Å². The van der Waals surface area contributed by atoms with Gasteiger partial charge >= 0.3 is 5.97 Å². The van der Waals surface area contributed by atoms with E-state index in [9.17, 15) is 14.0 Å². The summed E-state index contributed by atoms with van der Waals surface area (Å²) in [6, 6.07) is 15.1. The van der Waals surface area contributed by atoms with Gasteiger partial charge in [-0.05, 0) is 36.2 Å². The fourth-order valence-corrected chi connectivity index (χ4v) is 2.00. The summed E-state index contributed by atoms with van der Waals surface area (Å²) in [4.78, 5) is 23.2. The van der Waals surface area contributed by atoms with Crippen molar-refractivity contribution >= 4 is 11.9 Å². The Balaban J connectivity index is 1.54. The quantitative estimate of drug-likeness (QED) is 0.561. The monoisotopic (exact) mass is 345 g/mol. The van der Waals surface area contributed by atoms with Gasteiger partial charge in [0.15, 0.2) is 6.61 Å². The molecule has 2 rings (SSSR count). The van der Waals surface area contributed by atoms with Gasteiger partial charge < -0.3 is 14.8 Å². The van der Waals surface area contributed by atoms with Crippen molar-refractivity contribution in [3.8, 4) is 5.75 Å². The molecule has 0 aliphatic rings. The number of carbonyl (C=O) groups is 2. The summed E-state index contributed by atoms with van der Waals surface area (Å²) in [6.45, 7) is 0.316. The Morgan fingerprint density at radius 2 is 1.72 bits per heavy atom. The number of carbonyl (C=O) groups excluding carboxylic acids is 2. The Kier molecular flexibility index (Phi) is 7.43. The average molecular weight is 345 g/mol. The molecule has 0 atom stereocenters. The highest BCUT2D eigenvalue weighted by atomic mass is 19.1. The standard InChI is InChI=1S/C19H20FNO4/c20-16-10-8-15(9-11-16)13-21-18(22)14-25-19(23)7-4-12-24-17-5-2-1-3-6-17/h1-3,5-6,8-11H,4,7,12-14H2,(H,21,22). The lowest BCUT2D eigenvalue weighted by Crippen LogP contribution is -2.28. The van der Waals surface area contributed by atoms with Gasteiger partial charge in [0.05, 0.1) is 6.61 Å². The molecule has 0 bridgehead atoms. The van der Waals surface area contributed by atoms with E-state index < -0.39 is 11.9 Å². The third-order valence-electron chi connectivity index (χ3n) is 3.30. The zero-order valence-electron chi connectivity index (χ0n) is 13.7. The van der Waals surface area contributed by atoms with Gasteiger partial charge in [0, 0.05) is 13.0 Å². The molecular weight excluding hydrogens is 325 g/mol. The molecular formula is C19H20FNO4. The molecule has 6 heteroatoms. The van der Waals surface area contributed by atoms with Crippen LogP contribution in [0.4, 0.5) is 4.39 Å². The number of benzene rings is 2. The van der Waals surface area contributed by atoms with Crippen LogP contribution >= 0.6 is 0 Å². The van der Waals surface area contributed by atoms with Crippen molar-refractivity contribution in [2.24, 2.45) is 0 Å². The summed E-state index contributed by atoms with van der Waals surface area (Å²) >= 11 is 0. The van der Waals surface area contributed by atoms with Crippen LogP contribution in [-0.2, 0) is 20.9 Å². The van der Waals surface area contributed by atoms with Gasteiger partial charge in [0.25, 0.3) is 5.91 Å². The van der Waals surface area contributed by atoms with E-state index in [0.717, 1.165) is 11.3 Å². The van der Waals surface area contributed by atoms with Gasteiger partial charge in [-0.2, -0.15) is 0 Å². The topological polar surface area (TPSA) is 64.6 Å². The van der Waals surface area contributed by atoms with Crippen molar-refractivity contribution in [2.45, 2.75) is 19.4 Å². The Bertz CT molecular complexity index is 674. The maximum atomic E-state index is 12.8. The van der Waals surface area contributed by atoms with Crippen molar-refractivity contribution in [3.63, 3.8) is 0 Å². The fraction of sp³-hybridized carbons (Fsp3) is 0.263. The van der Waals surface area contributed by atoms with E-state index in [2.05, 4.69) is 5.32 Å². The summed E-state index contributed by atoms with van der Waals surface area (Å²) in [6.07, 6.45) is 0.684. The van der Waals surface area contributed by atoms with E-state index in [0.29, 0.717) is 13.0 Å². The molecule has 0 fully saturated rings. The van der Waals surface area contributed by atoms with Crippen LogP contribution in [0.2, 0.25) is 0 Å². The number of rotatable bonds is 9. The van der Waals surface area contributed by atoms with Gasteiger partial charge in [0.1, 0.15) is 11.6 Å². The van der Waals surface area contributed by atoms with E-state index in [1.54, 1.807) is 12.1 Å². The highest BCUT2D eigenvalue weighted by Crippen LogP contribution is 2.09. The van der Waals surface area contributed by atoms with Gasteiger partial charge in [-0.1, -0.05) is 30.3 Å². The molecule has 0 aliphatic carbocycles. The number of ether oxygens (including phenoxy) is 2. The zero-order valence-corrected chi connectivity index (χ0v) is 13.7. The third kappa shape index (κ3) is 7.48. The van der Waals surface area contributed by atoms with Crippen molar-refractivity contribution in [2.75, 3.05) is 13.2 Å². The number of amides is 1. The molecule has 0 spiro atoms. The zero-order chi connectivity index (χ0) is 17.9. The molecule has 0 heterocycles. The van der Waals surface area contributed by atoms with E-state index in [-0.39, 0.29) is 25.4 Å². The smallest absolute Gasteiger partial charge is 0.306 e. The number of esters is 1. The van der Waals surface area contributed by atoms with Crippen molar-refractivity contribution in [1.82, 2.24) is 5.32 Å². The van der Waals surface area contributed by atoms with Crippen LogP contribution in [-0.4, -0.2) is 25.1 Å². The van der Waals surface area contributed by atoms with Crippen LogP contribution in [0.3, 0.4) is 0 Å². The lowest BCUT2D eigenvalue weighted by molar-refractivity contribution is -0.148. The lowest BCUT2D eigenvalue weighted by atomic mass is 10.2. The summed E-state index contributed by atoms with van der Waals surface area (Å²) < 4.78 is 23.1. The summed E-state index contributed by atoms with van der Waals surface area (Å²) in [5.41, 5.74) is 0.763. The lowest BCUT2D eigenvalue weighted by Gasteiger charge is -2.07. The molecule has 132 valence electrons. The largest absolute Gasteiger partial charge is 0.494 e. The van der Waals surface area contributed by atoms with E-state index in [4.69, 9.17) is 9.47 Å². The van der Waals surface area contributed by atoms with Crippen LogP contribution in [0, 0.1) is 5.82 Å². The third-order valence-corrected chi connectivity index (χ3v) is 3.30. The van der Waals surface area contributed by atoms with Crippen molar-refractivity contribution < 1.29 is 23.5 Å². The molecule has 0 radical (unpaired) electrons. The molecule has 1 N–H and O–H groups in total. The van der Waals surface area contributed by atoms with Crippen LogP contribution in [0.5, 0.6) is 5.75 Å². The van der Waals surface area contributed by atoms with E-state index in [1.165, 1.54) is 12.1 Å². The Morgan fingerprint density at radius 3 is 2.44 bits per heavy atom. The predicted octanol–water partition coefficient (Wildman–Crippen LogP) is 2.84. The van der Waals surface area contributed by atoms with Crippen molar-refractivity contribution in [1.29, 1.82) is 0 Å². The van der Waals surface area contributed by atoms with E-state index in [1.807, 2.05) is 30.3 Å². The molecule has 0 saturated carbocycles. The molecule has 2 aromatic rings. The average Bonchev–Trinajstić information content (AvgIpc) is 2.64.